The molecule has 2 amide bonds. The molecular formula is C28H33Cl2F2N3O3. The molecule has 5 atom stereocenters. The first-order chi connectivity index (χ1) is 17.8. The molecule has 0 unspecified atom stereocenters. The SMILES string of the molecule is CCC[C@@H](O)CNC(=O)[C@@H]1N[C@H](CC(C)(C)C)[C@]2(C(=O)Nc3cc(Cl)c(F)cc32)[C@H]1c1cccc(Cl)c1F. The molecule has 4 N–H and O–H groups in total. The Morgan fingerprint density at radius 1 is 1.21 bits per heavy atom. The number of amides is 2. The van der Waals surface area contributed by atoms with E-state index in [1.807, 2.05) is 27.7 Å². The molecule has 6 nitrogen and oxygen atoms in total. The molecule has 2 heterocycles. The highest BCUT2D eigenvalue weighted by Gasteiger charge is 2.66. The van der Waals surface area contributed by atoms with E-state index in [2.05, 4.69) is 16.0 Å². The van der Waals surface area contributed by atoms with E-state index in [9.17, 15) is 19.1 Å². The summed E-state index contributed by atoms with van der Waals surface area (Å²) in [5, 5.41) is 18.8. The molecule has 10 heteroatoms. The molecule has 0 bridgehead atoms. The highest BCUT2D eigenvalue weighted by Crippen LogP contribution is 2.57. The van der Waals surface area contributed by atoms with Crippen LogP contribution in [-0.4, -0.2) is 41.7 Å². The lowest BCUT2D eigenvalue weighted by Gasteiger charge is -2.37. The minimum Gasteiger partial charge on any atom is -0.391 e. The molecule has 38 heavy (non-hydrogen) atoms. The average molecular weight is 568 g/mol. The van der Waals surface area contributed by atoms with E-state index in [1.165, 1.54) is 24.3 Å². The standard InChI is InChI=1S/C28H33Cl2F2N3O3/c1-5-7-14(36)13-33-25(37)24-22(15-8-6-9-17(29)23(15)32)28(21(35-24)12-27(2,3)4)16-10-19(31)18(30)11-20(16)34-26(28)38/h6,8-11,14,21-22,24,35-36H,5,7,12-13H2,1-4H3,(H,33,37)(H,34,38)/t14-,21-,22+,24-,28+/m1/s1. The van der Waals surface area contributed by atoms with E-state index >= 15 is 4.39 Å². The van der Waals surface area contributed by atoms with Gasteiger partial charge in [-0.25, -0.2) is 8.78 Å². The van der Waals surface area contributed by atoms with Gasteiger partial charge in [0.2, 0.25) is 11.8 Å². The van der Waals surface area contributed by atoms with Gasteiger partial charge in [-0.2, -0.15) is 0 Å². The zero-order chi connectivity index (χ0) is 28.0. The zero-order valence-electron chi connectivity index (χ0n) is 21.8. The topological polar surface area (TPSA) is 90.5 Å². The van der Waals surface area contributed by atoms with Crippen LogP contribution in [0, 0.1) is 17.0 Å². The van der Waals surface area contributed by atoms with Gasteiger partial charge in [-0.3, -0.25) is 9.59 Å². The number of anilines is 1. The van der Waals surface area contributed by atoms with Crippen LogP contribution in [0.1, 0.15) is 64.0 Å². The van der Waals surface area contributed by atoms with E-state index in [1.54, 1.807) is 6.07 Å². The lowest BCUT2D eigenvalue weighted by Crippen LogP contribution is -2.49. The number of hydrogen-bond acceptors (Lipinski definition) is 4. The number of fused-ring (bicyclic) bond motifs is 2. The summed E-state index contributed by atoms with van der Waals surface area (Å²) in [6.07, 6.45) is 0.886. The molecule has 2 aliphatic rings. The van der Waals surface area contributed by atoms with Crippen molar-refractivity contribution in [1.82, 2.24) is 10.6 Å². The van der Waals surface area contributed by atoms with Gasteiger partial charge >= 0.3 is 0 Å². The van der Waals surface area contributed by atoms with Crippen LogP contribution in [0.25, 0.3) is 0 Å². The van der Waals surface area contributed by atoms with Crippen LogP contribution in [0.2, 0.25) is 10.0 Å². The summed E-state index contributed by atoms with van der Waals surface area (Å²) in [7, 11) is 0. The smallest absolute Gasteiger partial charge is 0.237 e. The maximum absolute atomic E-state index is 15.7. The van der Waals surface area contributed by atoms with Crippen LogP contribution in [-0.2, 0) is 15.0 Å². The maximum Gasteiger partial charge on any atom is 0.237 e. The third kappa shape index (κ3) is 5.04. The molecule has 1 saturated heterocycles. The minimum absolute atomic E-state index is 0.000438. The van der Waals surface area contributed by atoms with Gasteiger partial charge in [-0.05, 0) is 47.6 Å². The monoisotopic (exact) mass is 567 g/mol. The number of aliphatic hydroxyl groups is 1. The predicted molar refractivity (Wildman–Crippen MR) is 145 cm³/mol. The lowest BCUT2D eigenvalue weighted by atomic mass is 9.62. The first-order valence-electron chi connectivity index (χ1n) is 12.8. The van der Waals surface area contributed by atoms with Crippen LogP contribution in [0.3, 0.4) is 0 Å². The van der Waals surface area contributed by atoms with Crippen molar-refractivity contribution in [2.45, 2.75) is 76.5 Å². The summed E-state index contributed by atoms with van der Waals surface area (Å²) >= 11 is 12.2. The van der Waals surface area contributed by atoms with Crippen molar-refractivity contribution >= 4 is 40.7 Å². The largest absolute Gasteiger partial charge is 0.391 e. The number of carbonyl (C=O) groups excluding carboxylic acids is 2. The maximum atomic E-state index is 15.7. The van der Waals surface area contributed by atoms with Gasteiger partial charge in [0.05, 0.1) is 22.2 Å². The van der Waals surface area contributed by atoms with Crippen LogP contribution < -0.4 is 16.0 Å². The molecular weight excluding hydrogens is 535 g/mol. The molecule has 2 aromatic carbocycles. The van der Waals surface area contributed by atoms with Gasteiger partial charge in [0.15, 0.2) is 0 Å². The van der Waals surface area contributed by atoms with Crippen LogP contribution in [0.5, 0.6) is 0 Å². The average Bonchev–Trinajstić information content (AvgIpc) is 3.29. The van der Waals surface area contributed by atoms with E-state index in [0.29, 0.717) is 24.1 Å². The van der Waals surface area contributed by atoms with E-state index in [0.717, 1.165) is 6.42 Å². The molecule has 0 radical (unpaired) electrons. The van der Waals surface area contributed by atoms with Gasteiger partial charge < -0.3 is 21.1 Å². The first kappa shape index (κ1) is 28.7. The minimum atomic E-state index is -1.55. The Morgan fingerprint density at radius 2 is 1.92 bits per heavy atom. The summed E-state index contributed by atoms with van der Waals surface area (Å²) in [5.74, 6) is -3.55. The second-order valence-electron chi connectivity index (χ2n) is 11.4. The van der Waals surface area contributed by atoms with E-state index in [4.69, 9.17) is 23.2 Å². The summed E-state index contributed by atoms with van der Waals surface area (Å²) in [6.45, 7) is 7.88. The first-order valence-corrected chi connectivity index (χ1v) is 13.5. The quantitative estimate of drug-likeness (QED) is 0.365. The third-order valence-corrected chi connectivity index (χ3v) is 8.02. The fourth-order valence-corrected chi connectivity index (χ4v) is 6.27. The molecule has 2 aromatic rings. The summed E-state index contributed by atoms with van der Waals surface area (Å²) < 4.78 is 30.6. The molecule has 4 rings (SSSR count). The molecule has 1 fully saturated rings. The number of halogens is 4. The normalized spacial score (nSPS) is 25.4. The molecule has 1 spiro atoms. The van der Waals surface area contributed by atoms with Gasteiger partial charge in [-0.15, -0.1) is 0 Å². The van der Waals surface area contributed by atoms with Crippen molar-refractivity contribution in [2.75, 3.05) is 11.9 Å². The number of nitrogens with one attached hydrogen (secondary N) is 3. The van der Waals surface area contributed by atoms with Gasteiger partial charge in [-0.1, -0.05) is 69.5 Å². The predicted octanol–water partition coefficient (Wildman–Crippen LogP) is 5.30. The van der Waals surface area contributed by atoms with Gasteiger partial charge in [0.25, 0.3) is 0 Å². The van der Waals surface area contributed by atoms with E-state index < -0.39 is 53.0 Å². The Hall–Kier alpha value is -2.26. The summed E-state index contributed by atoms with van der Waals surface area (Å²) in [5.41, 5.74) is -1.19. The molecule has 2 aliphatic heterocycles. The summed E-state index contributed by atoms with van der Waals surface area (Å²) in [4.78, 5) is 27.7. The highest BCUT2D eigenvalue weighted by atomic mass is 35.5. The Morgan fingerprint density at radius 3 is 2.58 bits per heavy atom. The van der Waals surface area contributed by atoms with Crippen molar-refractivity contribution in [3.8, 4) is 0 Å². The molecule has 206 valence electrons. The number of carbonyl (C=O) groups is 2. The second-order valence-corrected chi connectivity index (χ2v) is 12.2. The molecule has 0 aliphatic carbocycles. The fourth-order valence-electron chi connectivity index (χ4n) is 5.93. The van der Waals surface area contributed by atoms with Crippen LogP contribution in [0.4, 0.5) is 14.5 Å². The Bertz CT molecular complexity index is 1250. The van der Waals surface area contributed by atoms with Crippen LogP contribution >= 0.6 is 23.2 Å². The van der Waals surface area contributed by atoms with E-state index in [-0.39, 0.29) is 27.6 Å². The number of benzene rings is 2. The number of hydrogen-bond donors (Lipinski definition) is 4. The van der Waals surface area contributed by atoms with Crippen molar-refractivity contribution in [1.29, 1.82) is 0 Å². The number of aliphatic hydroxyl groups excluding tert-OH is 1. The number of rotatable bonds is 7. The molecule has 0 aromatic heterocycles. The molecule has 0 saturated carbocycles. The third-order valence-electron chi connectivity index (χ3n) is 7.43. The summed E-state index contributed by atoms with van der Waals surface area (Å²) in [6, 6.07) is 5.23. The van der Waals surface area contributed by atoms with Crippen molar-refractivity contribution < 1.29 is 23.5 Å². The Kier molecular flexibility index (Phi) is 8.11. The van der Waals surface area contributed by atoms with Gasteiger partial charge in [0, 0.05) is 24.2 Å². The Balaban J connectivity index is 1.94. The lowest BCUT2D eigenvalue weighted by molar-refractivity contribution is -0.124. The zero-order valence-corrected chi connectivity index (χ0v) is 23.3. The van der Waals surface area contributed by atoms with Crippen molar-refractivity contribution in [3.05, 3.63) is 63.1 Å². The van der Waals surface area contributed by atoms with Crippen molar-refractivity contribution in [2.24, 2.45) is 5.41 Å². The fraction of sp³-hybridized carbons (Fsp3) is 0.500. The van der Waals surface area contributed by atoms with Crippen molar-refractivity contribution in [3.63, 3.8) is 0 Å². The highest BCUT2D eigenvalue weighted by molar-refractivity contribution is 6.31. The van der Waals surface area contributed by atoms with Crippen LogP contribution in [0.15, 0.2) is 30.3 Å². The van der Waals surface area contributed by atoms with Gasteiger partial charge in [0.1, 0.15) is 17.0 Å². The Labute approximate surface area is 231 Å². The second kappa shape index (κ2) is 10.7.